The number of ether oxygens (including phenoxy) is 1. The summed E-state index contributed by atoms with van der Waals surface area (Å²) in [5.74, 6) is -0.311. The molecular weight excluding hydrogens is 354 g/mol. The third-order valence-corrected chi connectivity index (χ3v) is 3.99. The molecular formula is C21H19N5O2. The lowest BCUT2D eigenvalue weighted by molar-refractivity contribution is -0.155. The number of carbonyl (C=O) groups is 1. The van der Waals surface area contributed by atoms with E-state index >= 15 is 0 Å². The van der Waals surface area contributed by atoms with E-state index in [1.54, 1.807) is 18.2 Å². The van der Waals surface area contributed by atoms with Gasteiger partial charge in [-0.2, -0.15) is 15.6 Å². The summed E-state index contributed by atoms with van der Waals surface area (Å²) in [6.45, 7) is 5.61. The Morgan fingerprint density at radius 3 is 2.46 bits per heavy atom. The second-order valence-corrected chi connectivity index (χ2v) is 7.22. The molecule has 0 unspecified atom stereocenters. The largest absolute Gasteiger partial charge is 0.459 e. The normalized spacial score (nSPS) is 10.9. The molecule has 0 fully saturated rings. The van der Waals surface area contributed by atoms with Crippen LogP contribution in [-0.2, 0) is 16.1 Å². The van der Waals surface area contributed by atoms with Crippen molar-refractivity contribution in [2.75, 3.05) is 5.43 Å². The molecule has 0 radical (unpaired) electrons. The molecule has 2 aromatic carbocycles. The number of nitriles is 2. The maximum atomic E-state index is 12.4. The van der Waals surface area contributed by atoms with Crippen LogP contribution in [0.5, 0.6) is 0 Å². The minimum absolute atomic E-state index is 0.0965. The third kappa shape index (κ3) is 3.94. The molecule has 1 aromatic heterocycles. The number of fused-ring (bicyclic) bond motifs is 3. The van der Waals surface area contributed by atoms with E-state index in [1.807, 2.05) is 61.7 Å². The highest BCUT2D eigenvalue weighted by atomic mass is 16.6. The number of carbonyl (C=O) groups excluding carboxylic acids is 1. The van der Waals surface area contributed by atoms with Crippen molar-refractivity contribution in [1.29, 1.82) is 10.5 Å². The number of esters is 1. The predicted molar refractivity (Wildman–Crippen MR) is 108 cm³/mol. The summed E-state index contributed by atoms with van der Waals surface area (Å²) in [6, 6.07) is 16.7. The van der Waals surface area contributed by atoms with Gasteiger partial charge >= 0.3 is 5.97 Å². The lowest BCUT2D eigenvalue weighted by Gasteiger charge is -2.20. The minimum atomic E-state index is -0.551. The summed E-state index contributed by atoms with van der Waals surface area (Å²) in [5, 5.41) is 23.3. The Kier molecular flexibility index (Phi) is 5.02. The van der Waals surface area contributed by atoms with Crippen LogP contribution in [0.3, 0.4) is 0 Å². The first-order valence-electron chi connectivity index (χ1n) is 8.69. The van der Waals surface area contributed by atoms with Crippen molar-refractivity contribution >= 4 is 39.2 Å². The molecule has 1 heterocycles. The average Bonchev–Trinajstić information content (AvgIpc) is 2.95. The highest BCUT2D eigenvalue weighted by Gasteiger charge is 2.19. The van der Waals surface area contributed by atoms with Crippen LogP contribution in [-0.4, -0.2) is 21.8 Å². The second kappa shape index (κ2) is 7.42. The van der Waals surface area contributed by atoms with Crippen LogP contribution >= 0.6 is 0 Å². The number of hydrogen-bond acceptors (Lipinski definition) is 6. The Labute approximate surface area is 162 Å². The molecule has 0 aliphatic heterocycles. The molecule has 0 bridgehead atoms. The van der Waals surface area contributed by atoms with Gasteiger partial charge in [0.05, 0.1) is 5.69 Å². The SMILES string of the molecule is CC(C)(C)OC(=O)Cn1c2ccccc2c2cc(NN=C(C#N)C#N)ccc21. The van der Waals surface area contributed by atoms with Crippen molar-refractivity contribution in [3.8, 4) is 12.1 Å². The van der Waals surface area contributed by atoms with Gasteiger partial charge in [0, 0.05) is 21.8 Å². The number of anilines is 1. The standard InChI is InChI=1S/C21H19N5O2/c1-21(2,3)28-20(27)13-26-18-7-5-4-6-16(18)17-10-14(8-9-19(17)26)24-25-15(11-22)12-23/h4-10,24H,13H2,1-3H3. The van der Waals surface area contributed by atoms with E-state index in [1.165, 1.54) is 0 Å². The molecule has 7 heteroatoms. The van der Waals surface area contributed by atoms with Gasteiger partial charge in [0.2, 0.25) is 5.71 Å². The summed E-state index contributed by atoms with van der Waals surface area (Å²) < 4.78 is 7.39. The average molecular weight is 373 g/mol. The van der Waals surface area contributed by atoms with Gasteiger partial charge in [-0.15, -0.1) is 0 Å². The fourth-order valence-corrected chi connectivity index (χ4v) is 2.99. The van der Waals surface area contributed by atoms with E-state index in [2.05, 4.69) is 10.5 Å². The van der Waals surface area contributed by atoms with Gasteiger partial charge < -0.3 is 9.30 Å². The molecule has 0 aliphatic rings. The van der Waals surface area contributed by atoms with E-state index in [0.29, 0.717) is 5.69 Å². The number of nitrogens with one attached hydrogen (secondary N) is 1. The van der Waals surface area contributed by atoms with Gasteiger partial charge in [0.15, 0.2) is 0 Å². The lowest BCUT2D eigenvalue weighted by Crippen LogP contribution is -2.26. The summed E-state index contributed by atoms with van der Waals surface area (Å²) in [6.07, 6.45) is 0. The van der Waals surface area contributed by atoms with Crippen LogP contribution in [0.1, 0.15) is 20.8 Å². The molecule has 0 saturated carbocycles. The molecule has 28 heavy (non-hydrogen) atoms. The van der Waals surface area contributed by atoms with Crippen molar-refractivity contribution in [2.24, 2.45) is 5.10 Å². The topological polar surface area (TPSA) is 103 Å². The van der Waals surface area contributed by atoms with E-state index in [-0.39, 0.29) is 18.2 Å². The van der Waals surface area contributed by atoms with Gasteiger partial charge in [0.25, 0.3) is 0 Å². The highest BCUT2D eigenvalue weighted by Crippen LogP contribution is 2.31. The minimum Gasteiger partial charge on any atom is -0.459 e. The van der Waals surface area contributed by atoms with Crippen molar-refractivity contribution < 1.29 is 9.53 Å². The first kappa shape index (κ1) is 18.9. The van der Waals surface area contributed by atoms with Crippen LogP contribution < -0.4 is 5.43 Å². The highest BCUT2D eigenvalue weighted by molar-refractivity contribution is 6.11. The summed E-state index contributed by atoms with van der Waals surface area (Å²) in [4.78, 5) is 12.4. The molecule has 3 aromatic rings. The number of aromatic nitrogens is 1. The molecule has 7 nitrogen and oxygen atoms in total. The van der Waals surface area contributed by atoms with Crippen molar-refractivity contribution in [2.45, 2.75) is 32.9 Å². The number of rotatable bonds is 4. The Morgan fingerprint density at radius 1 is 1.11 bits per heavy atom. The van der Waals surface area contributed by atoms with Crippen LogP contribution in [0.2, 0.25) is 0 Å². The van der Waals surface area contributed by atoms with Gasteiger partial charge in [-0.3, -0.25) is 10.2 Å². The van der Waals surface area contributed by atoms with E-state index < -0.39 is 5.60 Å². The van der Waals surface area contributed by atoms with E-state index in [0.717, 1.165) is 21.8 Å². The fourth-order valence-electron chi connectivity index (χ4n) is 2.99. The number of nitrogens with zero attached hydrogens (tertiary/aromatic N) is 4. The monoisotopic (exact) mass is 373 g/mol. The smallest absolute Gasteiger partial charge is 0.326 e. The lowest BCUT2D eigenvalue weighted by atomic mass is 10.1. The van der Waals surface area contributed by atoms with Crippen LogP contribution in [0, 0.1) is 22.7 Å². The van der Waals surface area contributed by atoms with Crippen LogP contribution in [0.15, 0.2) is 47.6 Å². The molecule has 0 amide bonds. The maximum absolute atomic E-state index is 12.4. The molecule has 0 atom stereocenters. The van der Waals surface area contributed by atoms with Gasteiger partial charge in [0.1, 0.15) is 24.3 Å². The van der Waals surface area contributed by atoms with Gasteiger partial charge in [-0.25, -0.2) is 0 Å². The molecule has 140 valence electrons. The zero-order valence-corrected chi connectivity index (χ0v) is 15.9. The molecule has 1 N–H and O–H groups in total. The van der Waals surface area contributed by atoms with Crippen molar-refractivity contribution in [3.63, 3.8) is 0 Å². The summed E-state index contributed by atoms with van der Waals surface area (Å²) in [5.41, 5.74) is 4.35. The summed E-state index contributed by atoms with van der Waals surface area (Å²) in [7, 11) is 0. The summed E-state index contributed by atoms with van der Waals surface area (Å²) >= 11 is 0. The van der Waals surface area contributed by atoms with E-state index in [9.17, 15) is 4.79 Å². The molecule has 0 saturated heterocycles. The predicted octanol–water partition coefficient (Wildman–Crippen LogP) is 3.95. The Morgan fingerprint density at radius 2 is 1.79 bits per heavy atom. The number of hydrazone groups is 1. The maximum Gasteiger partial charge on any atom is 0.326 e. The third-order valence-electron chi connectivity index (χ3n) is 3.99. The zero-order chi connectivity index (χ0) is 20.3. The molecule has 0 spiro atoms. The fraction of sp³-hybridized carbons (Fsp3) is 0.238. The van der Waals surface area contributed by atoms with E-state index in [4.69, 9.17) is 15.3 Å². The number of benzene rings is 2. The van der Waals surface area contributed by atoms with Crippen molar-refractivity contribution in [3.05, 3.63) is 42.5 Å². The number of para-hydroxylation sites is 1. The second-order valence-electron chi connectivity index (χ2n) is 7.22. The van der Waals surface area contributed by atoms with Crippen LogP contribution in [0.4, 0.5) is 5.69 Å². The Bertz CT molecular complexity index is 1150. The zero-order valence-electron chi connectivity index (χ0n) is 15.9. The molecule has 0 aliphatic carbocycles. The Balaban J connectivity index is 2.05. The quantitative estimate of drug-likeness (QED) is 0.424. The number of hydrogen-bond donors (Lipinski definition) is 1. The van der Waals surface area contributed by atoms with Gasteiger partial charge in [-0.05, 0) is 45.0 Å². The Hall–Kier alpha value is -3.84. The first-order valence-corrected chi connectivity index (χ1v) is 8.69. The van der Waals surface area contributed by atoms with Crippen LogP contribution in [0.25, 0.3) is 21.8 Å². The van der Waals surface area contributed by atoms with Crippen molar-refractivity contribution in [1.82, 2.24) is 4.57 Å². The van der Waals surface area contributed by atoms with Gasteiger partial charge in [-0.1, -0.05) is 18.2 Å². The first-order chi connectivity index (χ1) is 13.3. The molecule has 3 rings (SSSR count).